The Morgan fingerprint density at radius 2 is 1.74 bits per heavy atom. The molecule has 0 N–H and O–H groups in total. The minimum absolute atomic E-state index is 0.0434. The molecular formula is C24H25FN6. The molecule has 0 aliphatic carbocycles. The number of hydrogen-bond donors (Lipinski definition) is 0. The van der Waals surface area contributed by atoms with E-state index in [-0.39, 0.29) is 11.9 Å². The molecule has 1 atom stereocenters. The van der Waals surface area contributed by atoms with Gasteiger partial charge < -0.3 is 0 Å². The number of benzene rings is 2. The van der Waals surface area contributed by atoms with Crippen LogP contribution in [0.3, 0.4) is 0 Å². The SMILES string of the molecule is Fc1ccc(Cn2nnnc2[C@H](c2ccc3ncccc3c2)N2CCCCCC2)cc1. The fourth-order valence-corrected chi connectivity index (χ4v) is 4.42. The van der Waals surface area contributed by atoms with Crippen molar-refractivity contribution >= 4 is 10.9 Å². The van der Waals surface area contributed by atoms with Crippen molar-refractivity contribution in [2.75, 3.05) is 13.1 Å². The third-order valence-electron chi connectivity index (χ3n) is 6.00. The maximum Gasteiger partial charge on any atom is 0.173 e. The van der Waals surface area contributed by atoms with Gasteiger partial charge in [-0.1, -0.05) is 37.1 Å². The Labute approximate surface area is 180 Å². The first-order valence-corrected chi connectivity index (χ1v) is 10.9. The van der Waals surface area contributed by atoms with Crippen molar-refractivity contribution in [1.82, 2.24) is 30.1 Å². The normalized spacial score (nSPS) is 16.3. The third-order valence-corrected chi connectivity index (χ3v) is 6.00. The van der Waals surface area contributed by atoms with Gasteiger partial charge >= 0.3 is 0 Å². The number of rotatable bonds is 5. The molecule has 1 saturated heterocycles. The zero-order chi connectivity index (χ0) is 21.0. The van der Waals surface area contributed by atoms with Crippen molar-refractivity contribution in [3.8, 4) is 0 Å². The molecule has 0 unspecified atom stereocenters. The summed E-state index contributed by atoms with van der Waals surface area (Å²) in [5.41, 5.74) is 3.11. The first-order chi connectivity index (χ1) is 15.3. The Morgan fingerprint density at radius 1 is 0.935 bits per heavy atom. The van der Waals surface area contributed by atoms with Gasteiger partial charge in [0, 0.05) is 11.6 Å². The molecular weight excluding hydrogens is 391 g/mol. The van der Waals surface area contributed by atoms with Crippen LogP contribution in [-0.2, 0) is 6.54 Å². The van der Waals surface area contributed by atoms with Crippen LogP contribution in [0.1, 0.15) is 48.7 Å². The van der Waals surface area contributed by atoms with Crippen LogP contribution in [0.5, 0.6) is 0 Å². The lowest BCUT2D eigenvalue weighted by Gasteiger charge is -2.30. The summed E-state index contributed by atoms with van der Waals surface area (Å²) in [4.78, 5) is 6.96. The number of likely N-dealkylation sites (tertiary alicyclic amines) is 1. The first kappa shape index (κ1) is 19.8. The predicted molar refractivity (Wildman–Crippen MR) is 117 cm³/mol. The molecule has 31 heavy (non-hydrogen) atoms. The average molecular weight is 417 g/mol. The van der Waals surface area contributed by atoms with Crippen molar-refractivity contribution < 1.29 is 4.39 Å². The highest BCUT2D eigenvalue weighted by molar-refractivity contribution is 5.79. The quantitative estimate of drug-likeness (QED) is 0.483. The predicted octanol–water partition coefficient (Wildman–Crippen LogP) is 4.37. The van der Waals surface area contributed by atoms with Crippen molar-refractivity contribution in [2.24, 2.45) is 0 Å². The number of pyridine rings is 1. The molecule has 158 valence electrons. The number of fused-ring (bicyclic) bond motifs is 1. The molecule has 5 rings (SSSR count). The number of tetrazole rings is 1. The van der Waals surface area contributed by atoms with Gasteiger partial charge in [-0.2, -0.15) is 0 Å². The number of halogens is 1. The minimum Gasteiger partial charge on any atom is -0.290 e. The van der Waals surface area contributed by atoms with Gasteiger partial charge in [0.1, 0.15) is 5.82 Å². The largest absolute Gasteiger partial charge is 0.290 e. The van der Waals surface area contributed by atoms with Crippen molar-refractivity contribution in [3.05, 3.63) is 83.6 Å². The summed E-state index contributed by atoms with van der Waals surface area (Å²) in [5.74, 6) is 0.572. The highest BCUT2D eigenvalue weighted by Crippen LogP contribution is 2.31. The highest BCUT2D eigenvalue weighted by Gasteiger charge is 2.28. The zero-order valence-electron chi connectivity index (χ0n) is 17.4. The Morgan fingerprint density at radius 3 is 2.55 bits per heavy atom. The highest BCUT2D eigenvalue weighted by atomic mass is 19.1. The lowest BCUT2D eigenvalue weighted by molar-refractivity contribution is 0.222. The topological polar surface area (TPSA) is 59.7 Å². The zero-order valence-corrected chi connectivity index (χ0v) is 17.4. The Balaban J connectivity index is 1.55. The molecule has 1 aliphatic rings. The van der Waals surface area contributed by atoms with Gasteiger partial charge in [0.25, 0.3) is 0 Å². The summed E-state index contributed by atoms with van der Waals surface area (Å²) >= 11 is 0. The van der Waals surface area contributed by atoms with E-state index in [1.54, 1.807) is 12.1 Å². The van der Waals surface area contributed by atoms with E-state index in [0.29, 0.717) is 6.54 Å². The molecule has 0 bridgehead atoms. The second-order valence-electron chi connectivity index (χ2n) is 8.13. The van der Waals surface area contributed by atoms with Gasteiger partial charge in [-0.15, -0.1) is 5.10 Å². The maximum absolute atomic E-state index is 13.3. The fourth-order valence-electron chi connectivity index (χ4n) is 4.42. The van der Waals surface area contributed by atoms with Gasteiger partial charge in [0.05, 0.1) is 18.1 Å². The Kier molecular flexibility index (Phi) is 5.67. The van der Waals surface area contributed by atoms with E-state index in [1.165, 1.54) is 37.8 Å². The van der Waals surface area contributed by atoms with Crippen LogP contribution in [0.25, 0.3) is 10.9 Å². The number of nitrogens with zero attached hydrogens (tertiary/aromatic N) is 6. The van der Waals surface area contributed by atoms with E-state index in [2.05, 4.69) is 49.7 Å². The Bertz CT molecular complexity index is 1150. The van der Waals surface area contributed by atoms with Crippen molar-refractivity contribution in [2.45, 2.75) is 38.3 Å². The fraction of sp³-hybridized carbons (Fsp3) is 0.333. The molecule has 2 aromatic carbocycles. The van der Waals surface area contributed by atoms with Crippen LogP contribution in [0.15, 0.2) is 60.8 Å². The van der Waals surface area contributed by atoms with Crippen LogP contribution in [0.4, 0.5) is 4.39 Å². The third kappa shape index (κ3) is 4.32. The summed E-state index contributed by atoms with van der Waals surface area (Å²) in [7, 11) is 0. The van der Waals surface area contributed by atoms with Gasteiger partial charge in [0.15, 0.2) is 5.82 Å². The lowest BCUT2D eigenvalue weighted by atomic mass is 10.0. The van der Waals surface area contributed by atoms with Crippen molar-refractivity contribution in [1.29, 1.82) is 0 Å². The summed E-state index contributed by atoms with van der Waals surface area (Å²) in [5, 5.41) is 13.9. The lowest BCUT2D eigenvalue weighted by Crippen LogP contribution is -2.33. The maximum atomic E-state index is 13.3. The Hall–Kier alpha value is -3.19. The van der Waals surface area contributed by atoms with Crippen LogP contribution in [-0.4, -0.2) is 43.2 Å². The standard InChI is InChI=1S/C24H25FN6/c25-21-10-7-18(8-11-21)17-31-24(27-28-29-31)23(30-14-3-1-2-4-15-30)20-9-12-22-19(16-20)6-5-13-26-22/h5-13,16,23H,1-4,14-15,17H2/t23-/m0/s1. The summed E-state index contributed by atoms with van der Waals surface area (Å²) in [6.07, 6.45) is 6.67. The smallest absolute Gasteiger partial charge is 0.173 e. The molecule has 4 aromatic rings. The second-order valence-corrected chi connectivity index (χ2v) is 8.13. The van der Waals surface area contributed by atoms with E-state index >= 15 is 0 Å². The molecule has 0 spiro atoms. The number of aromatic nitrogens is 5. The van der Waals surface area contributed by atoms with Crippen molar-refractivity contribution in [3.63, 3.8) is 0 Å². The molecule has 0 amide bonds. The van der Waals surface area contributed by atoms with Crippen LogP contribution in [0.2, 0.25) is 0 Å². The molecule has 1 aliphatic heterocycles. The van der Waals surface area contributed by atoms with Gasteiger partial charge in [-0.05, 0) is 77.8 Å². The summed E-state index contributed by atoms with van der Waals surface area (Å²) in [6.45, 7) is 2.53. The van der Waals surface area contributed by atoms with Crippen LogP contribution >= 0.6 is 0 Å². The first-order valence-electron chi connectivity index (χ1n) is 10.9. The van der Waals surface area contributed by atoms with Crippen LogP contribution in [0, 0.1) is 5.82 Å². The minimum atomic E-state index is -0.243. The molecule has 1 fully saturated rings. The molecule has 0 saturated carbocycles. The van der Waals surface area contributed by atoms with Gasteiger partial charge in [-0.3, -0.25) is 9.88 Å². The van der Waals surface area contributed by atoms with Crippen LogP contribution < -0.4 is 0 Å². The second kappa shape index (κ2) is 8.89. The van der Waals surface area contributed by atoms with Gasteiger partial charge in [-0.25, -0.2) is 9.07 Å². The molecule has 7 heteroatoms. The summed E-state index contributed by atoms with van der Waals surface area (Å²) < 4.78 is 15.2. The van der Waals surface area contributed by atoms with E-state index in [4.69, 9.17) is 0 Å². The van der Waals surface area contributed by atoms with E-state index in [1.807, 2.05) is 16.9 Å². The van der Waals surface area contributed by atoms with E-state index in [0.717, 1.165) is 40.9 Å². The number of hydrogen-bond acceptors (Lipinski definition) is 5. The molecule has 3 heterocycles. The van der Waals surface area contributed by atoms with E-state index in [9.17, 15) is 4.39 Å². The van der Waals surface area contributed by atoms with Gasteiger partial charge in [0.2, 0.25) is 0 Å². The van der Waals surface area contributed by atoms with E-state index < -0.39 is 0 Å². The molecule has 6 nitrogen and oxygen atoms in total. The monoisotopic (exact) mass is 416 g/mol. The molecule has 0 radical (unpaired) electrons. The average Bonchev–Trinajstić information content (AvgIpc) is 3.07. The molecule has 2 aromatic heterocycles. The summed E-state index contributed by atoms with van der Waals surface area (Å²) in [6, 6.07) is 16.9.